The number of carbonyl (C=O) groups is 3. The van der Waals surface area contributed by atoms with Crippen LogP contribution in [0.5, 0.6) is 0 Å². The first-order valence-electron chi connectivity index (χ1n) is 15.7. The predicted molar refractivity (Wildman–Crippen MR) is 172 cm³/mol. The fourth-order valence-corrected chi connectivity index (χ4v) is 7.44. The quantitative estimate of drug-likeness (QED) is 0.203. The highest BCUT2D eigenvalue weighted by Gasteiger charge is 2.65. The fraction of sp³-hybridized carbons (Fsp3) is 0.441. The van der Waals surface area contributed by atoms with Gasteiger partial charge in [0.1, 0.15) is 29.0 Å². The molecule has 12 heteroatoms. The molecule has 7 rings (SSSR count). The van der Waals surface area contributed by atoms with Crippen LogP contribution in [0, 0.1) is 30.1 Å². The molecular formula is C34H36ClN7O4. The van der Waals surface area contributed by atoms with E-state index in [1.165, 1.54) is 6.92 Å². The minimum Gasteiger partial charge on any atom is -0.379 e. The first kappa shape index (κ1) is 30.6. The lowest BCUT2D eigenvalue weighted by Gasteiger charge is -2.27. The summed E-state index contributed by atoms with van der Waals surface area (Å²) in [6.45, 7) is 8.95. The number of rotatable bonds is 9. The van der Waals surface area contributed by atoms with Crippen molar-refractivity contribution in [1.82, 2.24) is 29.6 Å². The summed E-state index contributed by atoms with van der Waals surface area (Å²) in [5.41, 5.74) is 3.47. The van der Waals surface area contributed by atoms with E-state index in [-0.39, 0.29) is 35.4 Å². The fourth-order valence-electron chi connectivity index (χ4n) is 7.30. The van der Waals surface area contributed by atoms with Crippen molar-refractivity contribution in [3.8, 4) is 11.1 Å². The van der Waals surface area contributed by atoms with Crippen LogP contribution in [0.2, 0.25) is 5.15 Å². The summed E-state index contributed by atoms with van der Waals surface area (Å²) in [6.07, 6.45) is 5.02. The van der Waals surface area contributed by atoms with Crippen LogP contribution >= 0.6 is 11.6 Å². The van der Waals surface area contributed by atoms with Crippen LogP contribution in [-0.2, 0) is 27.4 Å². The number of carbonyl (C=O) groups excluding carboxylic acids is 3. The van der Waals surface area contributed by atoms with Gasteiger partial charge in [-0.05, 0) is 54.9 Å². The van der Waals surface area contributed by atoms with E-state index in [1.807, 2.05) is 31.2 Å². The lowest BCUT2D eigenvalue weighted by Crippen LogP contribution is -2.37. The van der Waals surface area contributed by atoms with E-state index in [4.69, 9.17) is 16.3 Å². The van der Waals surface area contributed by atoms with E-state index in [2.05, 4.69) is 37.2 Å². The summed E-state index contributed by atoms with van der Waals surface area (Å²) in [5.74, 6) is -0.213. The molecule has 1 aromatic carbocycles. The number of amides is 1. The molecule has 11 nitrogen and oxygen atoms in total. The zero-order valence-corrected chi connectivity index (χ0v) is 26.9. The molecule has 3 aromatic heterocycles. The lowest BCUT2D eigenvalue weighted by molar-refractivity contribution is -0.131. The number of fused-ring (bicyclic) bond motifs is 2. The van der Waals surface area contributed by atoms with Crippen molar-refractivity contribution < 1.29 is 19.1 Å². The van der Waals surface area contributed by atoms with Gasteiger partial charge in [-0.2, -0.15) is 5.10 Å². The topological polar surface area (TPSA) is 132 Å². The van der Waals surface area contributed by atoms with Crippen LogP contribution < -0.4 is 5.32 Å². The number of ether oxygens (including phenoxy) is 1. The number of pyridine rings is 1. The second kappa shape index (κ2) is 11.9. The van der Waals surface area contributed by atoms with Crippen molar-refractivity contribution in [3.05, 3.63) is 65.0 Å². The number of nitrogens with zero attached hydrogens (tertiary/aromatic N) is 6. The molecule has 2 unspecified atom stereocenters. The zero-order chi connectivity index (χ0) is 32.2. The Hall–Kier alpha value is -4.06. The van der Waals surface area contributed by atoms with Gasteiger partial charge in [-0.25, -0.2) is 15.0 Å². The van der Waals surface area contributed by atoms with Crippen LogP contribution in [0.1, 0.15) is 48.6 Å². The number of hydrogen-bond acceptors (Lipinski definition) is 9. The van der Waals surface area contributed by atoms with Crippen molar-refractivity contribution in [1.29, 1.82) is 0 Å². The molecule has 4 atom stereocenters. The smallest absolute Gasteiger partial charge is 0.229 e. The van der Waals surface area contributed by atoms with Crippen LogP contribution in [0.15, 0.2) is 42.7 Å². The highest BCUT2D eigenvalue weighted by molar-refractivity contribution is 6.29. The van der Waals surface area contributed by atoms with Crippen LogP contribution in [0.25, 0.3) is 22.0 Å². The third kappa shape index (κ3) is 5.83. The molecular weight excluding hydrogens is 606 g/mol. The Morgan fingerprint density at radius 2 is 1.83 bits per heavy atom. The average molecular weight is 642 g/mol. The monoisotopic (exact) mass is 641 g/mol. The van der Waals surface area contributed by atoms with Gasteiger partial charge in [-0.15, -0.1) is 0 Å². The summed E-state index contributed by atoms with van der Waals surface area (Å²) in [5, 5.41) is 8.59. The molecule has 1 amide bonds. The molecule has 1 N–H and O–H groups in total. The van der Waals surface area contributed by atoms with E-state index < -0.39 is 11.8 Å². The normalized spacial score (nSPS) is 24.1. The molecule has 0 bridgehead atoms. The number of ketones is 2. The first-order valence-corrected chi connectivity index (χ1v) is 16.1. The largest absolute Gasteiger partial charge is 0.379 e. The van der Waals surface area contributed by atoms with E-state index in [0.717, 1.165) is 36.2 Å². The first-order chi connectivity index (χ1) is 22.1. The summed E-state index contributed by atoms with van der Waals surface area (Å²) >= 11 is 6.26. The molecule has 4 heterocycles. The number of halogens is 1. The minimum atomic E-state index is -0.504. The Morgan fingerprint density at radius 1 is 1.07 bits per heavy atom. The van der Waals surface area contributed by atoms with E-state index in [1.54, 1.807) is 23.1 Å². The number of aromatic nitrogens is 5. The highest BCUT2D eigenvalue weighted by atomic mass is 35.5. The summed E-state index contributed by atoms with van der Waals surface area (Å²) in [7, 11) is 0. The molecule has 2 saturated carbocycles. The molecule has 4 aromatic rings. The standard InChI is InChI=1S/C34H36ClN7O4/c1-19(43)31-24-12-21(23-15-36-20(2)37-16-23)4-6-27(24)42(40-31)18-28(44)30-25(13-34(3)14-26(30)34)33(45)39-32-22(5-7-29(35)38-32)17-41-8-10-46-11-9-41/h4-7,12,15-16,25-26,30H,8-11,13-14,17-18H2,1-3H3,(H,38,39,45)/t25-,26?,30?,34+/m1/s1. The highest BCUT2D eigenvalue weighted by Crippen LogP contribution is 2.68. The number of anilines is 1. The maximum atomic E-state index is 14.1. The number of hydrogen-bond donors (Lipinski definition) is 1. The Bertz CT molecular complexity index is 1850. The number of Topliss-reactive ketones (excluding diaryl/α,β-unsaturated/α-hetero) is 2. The van der Waals surface area contributed by atoms with E-state index in [9.17, 15) is 14.4 Å². The van der Waals surface area contributed by atoms with Crippen molar-refractivity contribution in [2.24, 2.45) is 23.2 Å². The summed E-state index contributed by atoms with van der Waals surface area (Å²) < 4.78 is 7.08. The second-order valence-corrected chi connectivity index (χ2v) is 13.5. The minimum absolute atomic E-state index is 0.0322. The van der Waals surface area contributed by atoms with Crippen molar-refractivity contribution in [2.75, 3.05) is 31.6 Å². The number of aryl methyl sites for hydroxylation is 1. The Labute approximate surface area is 271 Å². The van der Waals surface area contributed by atoms with Crippen LogP contribution in [-0.4, -0.2) is 73.4 Å². The molecule has 0 radical (unpaired) electrons. The van der Waals surface area contributed by atoms with Crippen LogP contribution in [0.3, 0.4) is 0 Å². The molecule has 46 heavy (non-hydrogen) atoms. The zero-order valence-electron chi connectivity index (χ0n) is 26.1. The average Bonchev–Trinajstić information content (AvgIpc) is 3.40. The molecule has 238 valence electrons. The van der Waals surface area contributed by atoms with Gasteiger partial charge in [0.25, 0.3) is 0 Å². The van der Waals surface area contributed by atoms with Gasteiger partial charge in [0.15, 0.2) is 11.6 Å². The van der Waals surface area contributed by atoms with Gasteiger partial charge >= 0.3 is 0 Å². The van der Waals surface area contributed by atoms with Gasteiger partial charge in [-0.3, -0.25) is 24.0 Å². The molecule has 1 aliphatic heterocycles. The Morgan fingerprint density at radius 3 is 2.57 bits per heavy atom. The number of nitrogens with one attached hydrogen (secondary N) is 1. The summed E-state index contributed by atoms with van der Waals surface area (Å²) in [6, 6.07) is 9.30. The van der Waals surface area contributed by atoms with Crippen LogP contribution in [0.4, 0.5) is 5.82 Å². The van der Waals surface area contributed by atoms with Gasteiger partial charge in [0.2, 0.25) is 5.91 Å². The van der Waals surface area contributed by atoms with Crippen molar-refractivity contribution >= 4 is 45.8 Å². The van der Waals surface area contributed by atoms with Gasteiger partial charge < -0.3 is 10.1 Å². The summed E-state index contributed by atoms with van der Waals surface area (Å²) in [4.78, 5) is 55.9. The third-order valence-corrected chi connectivity index (χ3v) is 10.1. The Balaban J connectivity index is 1.13. The second-order valence-electron chi connectivity index (χ2n) is 13.1. The van der Waals surface area contributed by atoms with E-state index >= 15 is 0 Å². The predicted octanol–water partition coefficient (Wildman–Crippen LogP) is 4.76. The van der Waals surface area contributed by atoms with Crippen molar-refractivity contribution in [3.63, 3.8) is 0 Å². The third-order valence-electron chi connectivity index (χ3n) is 9.87. The van der Waals surface area contributed by atoms with Gasteiger partial charge in [0, 0.05) is 67.3 Å². The number of benzene rings is 1. The van der Waals surface area contributed by atoms with Gasteiger partial charge in [0.05, 0.1) is 18.7 Å². The Kier molecular flexibility index (Phi) is 7.94. The van der Waals surface area contributed by atoms with Gasteiger partial charge in [-0.1, -0.05) is 30.7 Å². The number of morpholine rings is 1. The maximum Gasteiger partial charge on any atom is 0.229 e. The lowest BCUT2D eigenvalue weighted by atomic mass is 9.86. The molecule has 0 spiro atoms. The molecule has 3 aliphatic rings. The van der Waals surface area contributed by atoms with E-state index in [0.29, 0.717) is 59.6 Å². The van der Waals surface area contributed by atoms with Crippen molar-refractivity contribution in [2.45, 2.75) is 46.7 Å². The SMILES string of the molecule is CC(=O)c1nn(CC(=O)C2C3C[C@]3(C)C[C@H]2C(=O)Nc2nc(Cl)ccc2CN2CCOCC2)c2ccc(-c3cnc(C)nc3)cc12. The molecule has 3 fully saturated rings. The molecule has 1 saturated heterocycles. The maximum absolute atomic E-state index is 14.1. The molecule has 2 aliphatic carbocycles.